The molecule has 1 aliphatic rings. The Morgan fingerprint density at radius 3 is 2.73 bits per heavy atom. The van der Waals surface area contributed by atoms with Gasteiger partial charge < -0.3 is 10.4 Å². The molecule has 0 aliphatic carbocycles. The average molecular weight is 226 g/mol. The minimum atomic E-state index is 0.280. The number of rotatable bonds is 2. The van der Waals surface area contributed by atoms with Crippen LogP contribution in [0.1, 0.15) is 24.4 Å². The Labute approximate surface area is 95.3 Å². The first kappa shape index (κ1) is 10.9. The van der Waals surface area contributed by atoms with E-state index in [1.54, 1.807) is 0 Å². The summed E-state index contributed by atoms with van der Waals surface area (Å²) in [5, 5.41) is 13.3. The van der Waals surface area contributed by atoms with Crippen LogP contribution in [-0.4, -0.2) is 18.3 Å². The molecule has 1 aromatic carbocycles. The molecule has 1 heterocycles. The van der Waals surface area contributed by atoms with Gasteiger partial charge in [0.05, 0.1) is 0 Å². The Bertz CT molecular complexity index is 321. The second-order valence-electron chi connectivity index (χ2n) is 4.11. The summed E-state index contributed by atoms with van der Waals surface area (Å²) < 4.78 is 0. The highest BCUT2D eigenvalue weighted by molar-refractivity contribution is 6.31. The van der Waals surface area contributed by atoms with Crippen LogP contribution in [-0.2, 0) is 0 Å². The Balaban J connectivity index is 2.04. The molecule has 0 radical (unpaired) electrons. The Morgan fingerprint density at radius 1 is 1.33 bits per heavy atom. The zero-order valence-electron chi connectivity index (χ0n) is 8.62. The number of benzene rings is 1. The molecule has 3 heteroatoms. The molecule has 0 amide bonds. The number of aliphatic hydroxyl groups excluding tert-OH is 1. The van der Waals surface area contributed by atoms with E-state index in [0.29, 0.717) is 12.0 Å². The molecule has 2 nitrogen and oxygen atoms in total. The van der Waals surface area contributed by atoms with E-state index >= 15 is 0 Å². The summed E-state index contributed by atoms with van der Waals surface area (Å²) in [6.07, 6.45) is 2.12. The van der Waals surface area contributed by atoms with Gasteiger partial charge in [-0.2, -0.15) is 0 Å². The van der Waals surface area contributed by atoms with Gasteiger partial charge in [-0.15, -0.1) is 0 Å². The minimum Gasteiger partial charge on any atom is -0.396 e. The van der Waals surface area contributed by atoms with E-state index in [9.17, 15) is 0 Å². The van der Waals surface area contributed by atoms with Gasteiger partial charge in [0.1, 0.15) is 0 Å². The molecule has 0 saturated carbocycles. The SMILES string of the molecule is OCC1CCC(c2ccccc2Cl)NC1. The highest BCUT2D eigenvalue weighted by Crippen LogP contribution is 2.29. The quantitative estimate of drug-likeness (QED) is 0.810. The van der Waals surface area contributed by atoms with Gasteiger partial charge in [-0.25, -0.2) is 0 Å². The van der Waals surface area contributed by atoms with Crippen LogP contribution in [0.25, 0.3) is 0 Å². The fraction of sp³-hybridized carbons (Fsp3) is 0.500. The molecule has 0 aromatic heterocycles. The van der Waals surface area contributed by atoms with Crippen LogP contribution >= 0.6 is 11.6 Å². The average Bonchev–Trinajstić information content (AvgIpc) is 2.30. The largest absolute Gasteiger partial charge is 0.396 e. The lowest BCUT2D eigenvalue weighted by molar-refractivity contribution is 0.184. The molecule has 2 unspecified atom stereocenters. The van der Waals surface area contributed by atoms with E-state index in [1.807, 2.05) is 18.2 Å². The van der Waals surface area contributed by atoms with Gasteiger partial charge >= 0.3 is 0 Å². The van der Waals surface area contributed by atoms with E-state index < -0.39 is 0 Å². The van der Waals surface area contributed by atoms with Crippen LogP contribution in [0.15, 0.2) is 24.3 Å². The Hall–Kier alpha value is -0.570. The lowest BCUT2D eigenvalue weighted by Gasteiger charge is -2.29. The number of nitrogens with one attached hydrogen (secondary N) is 1. The maximum absolute atomic E-state index is 9.04. The van der Waals surface area contributed by atoms with E-state index in [2.05, 4.69) is 11.4 Å². The fourth-order valence-electron chi connectivity index (χ4n) is 2.09. The third-order valence-corrected chi connectivity index (χ3v) is 3.40. The molecular formula is C12H16ClNO. The maximum Gasteiger partial charge on any atom is 0.0471 e. The molecular weight excluding hydrogens is 210 g/mol. The highest BCUT2D eigenvalue weighted by atomic mass is 35.5. The van der Waals surface area contributed by atoms with Gasteiger partial charge in [0, 0.05) is 24.2 Å². The van der Waals surface area contributed by atoms with Gasteiger partial charge in [0.25, 0.3) is 0 Å². The van der Waals surface area contributed by atoms with E-state index in [0.717, 1.165) is 24.4 Å². The van der Waals surface area contributed by atoms with Crippen LogP contribution < -0.4 is 5.32 Å². The van der Waals surface area contributed by atoms with Crippen molar-refractivity contribution in [2.45, 2.75) is 18.9 Å². The van der Waals surface area contributed by atoms with E-state index in [4.69, 9.17) is 16.7 Å². The molecule has 0 bridgehead atoms. The summed E-state index contributed by atoms with van der Waals surface area (Å²) >= 11 is 6.14. The second kappa shape index (κ2) is 4.97. The van der Waals surface area contributed by atoms with Crippen molar-refractivity contribution in [1.82, 2.24) is 5.32 Å². The Kier molecular flexibility index (Phi) is 3.62. The maximum atomic E-state index is 9.04. The number of hydrogen-bond acceptors (Lipinski definition) is 2. The van der Waals surface area contributed by atoms with Crippen molar-refractivity contribution in [2.24, 2.45) is 5.92 Å². The topological polar surface area (TPSA) is 32.3 Å². The molecule has 82 valence electrons. The van der Waals surface area contributed by atoms with Crippen LogP contribution in [0.5, 0.6) is 0 Å². The predicted octanol–water partition coefficient (Wildman–Crippen LogP) is 2.37. The first-order valence-corrected chi connectivity index (χ1v) is 5.77. The standard InChI is InChI=1S/C12H16ClNO/c13-11-4-2-1-3-10(11)12-6-5-9(8-15)7-14-12/h1-4,9,12,14-15H,5-8H2. The second-order valence-corrected chi connectivity index (χ2v) is 4.52. The summed E-state index contributed by atoms with van der Waals surface area (Å²) in [6.45, 7) is 1.16. The summed E-state index contributed by atoms with van der Waals surface area (Å²) in [4.78, 5) is 0. The van der Waals surface area contributed by atoms with Crippen LogP contribution in [0.4, 0.5) is 0 Å². The number of aliphatic hydroxyl groups is 1. The summed E-state index contributed by atoms with van der Waals surface area (Å²) in [5.74, 6) is 0.406. The molecule has 0 spiro atoms. The van der Waals surface area contributed by atoms with E-state index in [1.165, 1.54) is 5.56 Å². The predicted molar refractivity (Wildman–Crippen MR) is 62.0 cm³/mol. The molecule has 2 rings (SSSR count). The number of piperidine rings is 1. The molecule has 1 aromatic rings. The van der Waals surface area contributed by atoms with Crippen molar-refractivity contribution in [2.75, 3.05) is 13.2 Å². The summed E-state index contributed by atoms with van der Waals surface area (Å²) in [5.41, 5.74) is 1.18. The minimum absolute atomic E-state index is 0.280. The highest BCUT2D eigenvalue weighted by Gasteiger charge is 2.22. The molecule has 1 saturated heterocycles. The zero-order valence-corrected chi connectivity index (χ0v) is 9.37. The third kappa shape index (κ3) is 2.51. The lowest BCUT2D eigenvalue weighted by atomic mass is 9.91. The Morgan fingerprint density at radius 2 is 2.13 bits per heavy atom. The number of halogens is 1. The van der Waals surface area contributed by atoms with Gasteiger partial charge in [-0.05, 0) is 30.4 Å². The van der Waals surface area contributed by atoms with Crippen molar-refractivity contribution < 1.29 is 5.11 Å². The fourth-order valence-corrected chi connectivity index (χ4v) is 2.36. The monoisotopic (exact) mass is 225 g/mol. The molecule has 1 fully saturated rings. The van der Waals surface area contributed by atoms with Gasteiger partial charge in [-0.1, -0.05) is 29.8 Å². The molecule has 15 heavy (non-hydrogen) atoms. The third-order valence-electron chi connectivity index (χ3n) is 3.06. The zero-order chi connectivity index (χ0) is 10.7. The molecule has 2 N–H and O–H groups in total. The van der Waals surface area contributed by atoms with Crippen molar-refractivity contribution in [3.63, 3.8) is 0 Å². The van der Waals surface area contributed by atoms with Crippen LogP contribution in [0, 0.1) is 5.92 Å². The van der Waals surface area contributed by atoms with Gasteiger partial charge in [-0.3, -0.25) is 0 Å². The van der Waals surface area contributed by atoms with Crippen molar-refractivity contribution in [3.05, 3.63) is 34.9 Å². The first-order chi connectivity index (χ1) is 7.31. The molecule has 1 aliphatic heterocycles. The lowest BCUT2D eigenvalue weighted by Crippen LogP contribution is -2.34. The van der Waals surface area contributed by atoms with Crippen molar-refractivity contribution in [1.29, 1.82) is 0 Å². The van der Waals surface area contributed by atoms with Crippen molar-refractivity contribution >= 4 is 11.6 Å². The normalized spacial score (nSPS) is 26.5. The smallest absolute Gasteiger partial charge is 0.0471 e. The summed E-state index contributed by atoms with van der Waals surface area (Å²) in [6, 6.07) is 8.31. The first-order valence-electron chi connectivity index (χ1n) is 5.40. The van der Waals surface area contributed by atoms with Gasteiger partial charge in [0.15, 0.2) is 0 Å². The van der Waals surface area contributed by atoms with Crippen LogP contribution in [0.3, 0.4) is 0 Å². The van der Waals surface area contributed by atoms with Gasteiger partial charge in [0.2, 0.25) is 0 Å². The number of hydrogen-bond donors (Lipinski definition) is 2. The molecule has 2 atom stereocenters. The summed E-state index contributed by atoms with van der Waals surface area (Å²) in [7, 11) is 0. The van der Waals surface area contributed by atoms with E-state index in [-0.39, 0.29) is 6.61 Å². The van der Waals surface area contributed by atoms with Crippen molar-refractivity contribution in [3.8, 4) is 0 Å². The van der Waals surface area contributed by atoms with Crippen LogP contribution in [0.2, 0.25) is 5.02 Å².